The van der Waals surface area contributed by atoms with Crippen molar-refractivity contribution in [2.75, 3.05) is 21.1 Å². The molecule has 106 valence electrons. The van der Waals surface area contributed by atoms with E-state index in [-0.39, 0.29) is 5.91 Å². The van der Waals surface area contributed by atoms with Crippen LogP contribution < -0.4 is 5.43 Å². The molecule has 0 aliphatic carbocycles. The van der Waals surface area contributed by atoms with Crippen LogP contribution in [0.25, 0.3) is 6.08 Å². The predicted octanol–water partition coefficient (Wildman–Crippen LogP) is 1.32. The fraction of sp³-hybridized carbons (Fsp3) is 0.214. The molecule has 0 atom stereocenters. The van der Waals surface area contributed by atoms with E-state index in [2.05, 4.69) is 5.43 Å². The van der Waals surface area contributed by atoms with Gasteiger partial charge < -0.3 is 4.90 Å². The lowest BCUT2D eigenvalue weighted by Gasteiger charge is -2.24. The molecule has 0 heterocycles. The van der Waals surface area contributed by atoms with Crippen molar-refractivity contribution in [3.05, 3.63) is 41.5 Å². The molecular formula is C14H17N3O2S. The minimum atomic E-state index is -0.281. The number of nitrogens with zero attached hydrogens (tertiary/aromatic N) is 2. The van der Waals surface area contributed by atoms with Crippen LogP contribution in [0.15, 0.2) is 30.3 Å². The van der Waals surface area contributed by atoms with E-state index in [1.165, 1.54) is 11.1 Å². The summed E-state index contributed by atoms with van der Waals surface area (Å²) in [7, 11) is 5.28. The number of carbonyl (C=O) groups is 2. The number of benzene rings is 1. The summed E-state index contributed by atoms with van der Waals surface area (Å²) in [5, 5.41) is 1.97. The SMILES string of the molecule is CN(C)C(=S)N(C)NC(=O)C=Cc1ccc(C=O)cc1. The van der Waals surface area contributed by atoms with E-state index in [1.807, 2.05) is 0 Å². The van der Waals surface area contributed by atoms with Gasteiger partial charge in [0.2, 0.25) is 0 Å². The zero-order chi connectivity index (χ0) is 15.1. The van der Waals surface area contributed by atoms with Crippen molar-refractivity contribution in [1.82, 2.24) is 15.3 Å². The largest absolute Gasteiger partial charge is 0.354 e. The average Bonchev–Trinajstić information content (AvgIpc) is 2.44. The van der Waals surface area contributed by atoms with Gasteiger partial charge in [0, 0.05) is 32.8 Å². The molecule has 6 heteroatoms. The highest BCUT2D eigenvalue weighted by atomic mass is 32.1. The summed E-state index contributed by atoms with van der Waals surface area (Å²) >= 11 is 5.10. The molecule has 1 aromatic rings. The van der Waals surface area contributed by atoms with E-state index < -0.39 is 0 Å². The molecule has 5 nitrogen and oxygen atoms in total. The van der Waals surface area contributed by atoms with Crippen LogP contribution in [0.3, 0.4) is 0 Å². The van der Waals surface area contributed by atoms with Crippen LogP contribution >= 0.6 is 12.2 Å². The highest BCUT2D eigenvalue weighted by Crippen LogP contribution is 2.04. The van der Waals surface area contributed by atoms with Crippen LogP contribution in [0.4, 0.5) is 0 Å². The van der Waals surface area contributed by atoms with E-state index in [1.54, 1.807) is 56.4 Å². The minimum absolute atomic E-state index is 0.281. The van der Waals surface area contributed by atoms with Gasteiger partial charge in [-0.25, -0.2) is 0 Å². The van der Waals surface area contributed by atoms with E-state index in [9.17, 15) is 9.59 Å². The van der Waals surface area contributed by atoms with Crippen LogP contribution in [-0.4, -0.2) is 48.4 Å². The highest BCUT2D eigenvalue weighted by Gasteiger charge is 2.07. The zero-order valence-corrected chi connectivity index (χ0v) is 12.5. The fourth-order valence-electron chi connectivity index (χ4n) is 1.41. The van der Waals surface area contributed by atoms with Crippen molar-refractivity contribution >= 4 is 35.6 Å². The molecule has 0 aliphatic heterocycles. The van der Waals surface area contributed by atoms with Gasteiger partial charge in [-0.2, -0.15) is 0 Å². The van der Waals surface area contributed by atoms with Crippen LogP contribution in [0.2, 0.25) is 0 Å². The predicted molar refractivity (Wildman–Crippen MR) is 83.1 cm³/mol. The smallest absolute Gasteiger partial charge is 0.262 e. The Labute approximate surface area is 123 Å². The summed E-state index contributed by atoms with van der Waals surface area (Å²) in [6.07, 6.45) is 3.85. The maximum atomic E-state index is 11.7. The van der Waals surface area contributed by atoms with Crippen LogP contribution in [-0.2, 0) is 4.79 Å². The van der Waals surface area contributed by atoms with Crippen molar-refractivity contribution in [3.8, 4) is 0 Å². The quantitative estimate of drug-likeness (QED) is 0.394. The van der Waals surface area contributed by atoms with E-state index >= 15 is 0 Å². The van der Waals surface area contributed by atoms with E-state index in [0.717, 1.165) is 11.8 Å². The second-order valence-corrected chi connectivity index (χ2v) is 4.70. The van der Waals surface area contributed by atoms with Gasteiger partial charge in [-0.15, -0.1) is 0 Å². The number of hydrazine groups is 1. The number of nitrogens with one attached hydrogen (secondary N) is 1. The monoisotopic (exact) mass is 291 g/mol. The molecule has 0 radical (unpaired) electrons. The number of aldehydes is 1. The average molecular weight is 291 g/mol. The summed E-state index contributed by atoms with van der Waals surface area (Å²) in [6, 6.07) is 6.92. The third-order valence-corrected chi connectivity index (χ3v) is 3.09. The molecule has 1 aromatic carbocycles. The Kier molecular flexibility index (Phi) is 5.86. The lowest BCUT2D eigenvalue weighted by atomic mass is 10.1. The van der Waals surface area contributed by atoms with Gasteiger partial charge in [-0.3, -0.25) is 20.0 Å². The molecular weight excluding hydrogens is 274 g/mol. The first-order valence-electron chi connectivity index (χ1n) is 5.93. The van der Waals surface area contributed by atoms with Crippen molar-refractivity contribution in [3.63, 3.8) is 0 Å². The Morgan fingerprint density at radius 2 is 1.70 bits per heavy atom. The number of hydrogen-bond donors (Lipinski definition) is 1. The lowest BCUT2D eigenvalue weighted by molar-refractivity contribution is -0.119. The van der Waals surface area contributed by atoms with Gasteiger partial charge in [-0.05, 0) is 23.9 Å². The Morgan fingerprint density at radius 3 is 2.20 bits per heavy atom. The number of carbonyl (C=O) groups excluding carboxylic acids is 2. The van der Waals surface area contributed by atoms with Crippen LogP contribution in [0.5, 0.6) is 0 Å². The summed E-state index contributed by atoms with van der Waals surface area (Å²) < 4.78 is 0. The first-order chi connectivity index (χ1) is 9.43. The van der Waals surface area contributed by atoms with Crippen LogP contribution in [0.1, 0.15) is 15.9 Å². The Hall–Kier alpha value is -2.21. The third kappa shape index (κ3) is 4.81. The number of amides is 1. The Bertz CT molecular complexity index is 524. The number of thiocarbonyl (C=S) groups is 1. The van der Waals surface area contributed by atoms with Gasteiger partial charge in [-0.1, -0.05) is 24.3 Å². The van der Waals surface area contributed by atoms with Crippen molar-refractivity contribution in [2.24, 2.45) is 0 Å². The maximum absolute atomic E-state index is 11.7. The number of hydrogen-bond acceptors (Lipinski definition) is 3. The van der Waals surface area contributed by atoms with Gasteiger partial charge in [0.1, 0.15) is 6.29 Å². The summed E-state index contributed by atoms with van der Waals surface area (Å²) in [4.78, 5) is 23.9. The summed E-state index contributed by atoms with van der Waals surface area (Å²) in [5.74, 6) is -0.281. The van der Waals surface area contributed by atoms with Crippen molar-refractivity contribution in [1.29, 1.82) is 0 Å². The molecule has 1 amide bonds. The first kappa shape index (κ1) is 15.8. The molecule has 0 aliphatic rings. The molecule has 20 heavy (non-hydrogen) atoms. The summed E-state index contributed by atoms with van der Waals surface area (Å²) in [5.41, 5.74) is 4.06. The summed E-state index contributed by atoms with van der Waals surface area (Å²) in [6.45, 7) is 0. The van der Waals surface area contributed by atoms with Crippen molar-refractivity contribution in [2.45, 2.75) is 0 Å². The highest BCUT2D eigenvalue weighted by molar-refractivity contribution is 7.80. The molecule has 0 spiro atoms. The second kappa shape index (κ2) is 7.40. The van der Waals surface area contributed by atoms with Crippen molar-refractivity contribution < 1.29 is 9.59 Å². The molecule has 1 N–H and O–H groups in total. The topological polar surface area (TPSA) is 52.6 Å². The maximum Gasteiger partial charge on any atom is 0.262 e. The fourth-order valence-corrected chi connectivity index (χ4v) is 1.45. The standard InChI is InChI=1S/C14H17N3O2S/c1-16(2)14(20)17(3)15-13(19)9-8-11-4-6-12(10-18)7-5-11/h4-10H,1-3H3,(H,15,19). The van der Waals surface area contributed by atoms with E-state index in [4.69, 9.17) is 12.2 Å². The normalized spacial score (nSPS) is 10.2. The van der Waals surface area contributed by atoms with Crippen LogP contribution in [0, 0.1) is 0 Å². The lowest BCUT2D eigenvalue weighted by Crippen LogP contribution is -2.47. The molecule has 0 fully saturated rings. The Morgan fingerprint density at radius 1 is 1.15 bits per heavy atom. The van der Waals surface area contributed by atoms with E-state index in [0.29, 0.717) is 10.7 Å². The molecule has 1 rings (SSSR count). The first-order valence-corrected chi connectivity index (χ1v) is 6.34. The Balaban J connectivity index is 2.58. The number of rotatable bonds is 3. The second-order valence-electron chi connectivity index (χ2n) is 4.33. The molecule has 0 bridgehead atoms. The van der Waals surface area contributed by atoms with Gasteiger partial charge in [0.05, 0.1) is 0 Å². The van der Waals surface area contributed by atoms with Gasteiger partial charge in [0.15, 0.2) is 5.11 Å². The molecule has 0 unspecified atom stereocenters. The molecule has 0 aromatic heterocycles. The third-order valence-electron chi connectivity index (χ3n) is 2.45. The minimum Gasteiger partial charge on any atom is -0.354 e. The molecule has 0 saturated heterocycles. The zero-order valence-electron chi connectivity index (χ0n) is 11.7. The van der Waals surface area contributed by atoms with Gasteiger partial charge >= 0.3 is 0 Å². The van der Waals surface area contributed by atoms with Gasteiger partial charge in [0.25, 0.3) is 5.91 Å². The molecule has 0 saturated carbocycles.